The summed E-state index contributed by atoms with van der Waals surface area (Å²) in [4.78, 5) is 21.9. The van der Waals surface area contributed by atoms with Crippen LogP contribution >= 0.6 is 0 Å². The first-order chi connectivity index (χ1) is 10.6. The minimum atomic E-state index is -0.623. The summed E-state index contributed by atoms with van der Waals surface area (Å²) in [5, 5.41) is 12.3. The standard InChI is InChI=1S/C15H13N3O4/c19-15(22-14-7-5-13(6-8-14)18(20)21)16-17-9-11-3-1-2-4-12(11)10-17/h1-8H,9-10H2,(H,16,19). The van der Waals surface area contributed by atoms with Gasteiger partial charge >= 0.3 is 6.09 Å². The average Bonchev–Trinajstić information content (AvgIpc) is 2.89. The van der Waals surface area contributed by atoms with Crippen molar-refractivity contribution >= 4 is 11.8 Å². The summed E-state index contributed by atoms with van der Waals surface area (Å²) in [6, 6.07) is 13.3. The topological polar surface area (TPSA) is 84.7 Å². The van der Waals surface area contributed by atoms with Gasteiger partial charge in [0.1, 0.15) is 5.75 Å². The normalized spacial score (nSPS) is 13.5. The van der Waals surface area contributed by atoms with E-state index in [4.69, 9.17) is 4.74 Å². The summed E-state index contributed by atoms with van der Waals surface area (Å²) >= 11 is 0. The second-order valence-corrected chi connectivity index (χ2v) is 4.88. The van der Waals surface area contributed by atoms with Gasteiger partial charge in [0.15, 0.2) is 0 Å². The summed E-state index contributed by atoms with van der Waals surface area (Å²) < 4.78 is 5.10. The Bertz CT molecular complexity index is 690. The van der Waals surface area contributed by atoms with Gasteiger partial charge in [-0.05, 0) is 23.3 Å². The van der Waals surface area contributed by atoms with Crippen molar-refractivity contribution in [2.45, 2.75) is 13.1 Å². The molecule has 1 aliphatic heterocycles. The number of nitro groups is 1. The number of hydrogen-bond acceptors (Lipinski definition) is 5. The number of nitrogens with zero attached hydrogens (tertiary/aromatic N) is 2. The van der Waals surface area contributed by atoms with E-state index < -0.39 is 11.0 Å². The second kappa shape index (κ2) is 5.82. The molecule has 0 aliphatic carbocycles. The summed E-state index contributed by atoms with van der Waals surface area (Å²) in [5.41, 5.74) is 4.93. The maximum atomic E-state index is 11.8. The van der Waals surface area contributed by atoms with Crippen LogP contribution in [-0.4, -0.2) is 16.0 Å². The lowest BCUT2D eigenvalue weighted by molar-refractivity contribution is -0.384. The molecule has 1 N–H and O–H groups in total. The van der Waals surface area contributed by atoms with E-state index in [0.29, 0.717) is 13.1 Å². The molecule has 0 saturated heterocycles. The Hall–Kier alpha value is -2.93. The van der Waals surface area contributed by atoms with Crippen LogP contribution in [0.25, 0.3) is 0 Å². The molecule has 2 aromatic carbocycles. The Morgan fingerprint density at radius 3 is 2.23 bits per heavy atom. The van der Waals surface area contributed by atoms with Crippen molar-refractivity contribution in [1.29, 1.82) is 0 Å². The van der Waals surface area contributed by atoms with E-state index in [2.05, 4.69) is 5.43 Å². The molecule has 0 aromatic heterocycles. The highest BCUT2D eigenvalue weighted by atomic mass is 16.6. The molecule has 112 valence electrons. The van der Waals surface area contributed by atoms with Crippen LogP contribution in [-0.2, 0) is 13.1 Å². The van der Waals surface area contributed by atoms with Gasteiger partial charge in [-0.1, -0.05) is 24.3 Å². The molecule has 1 heterocycles. The van der Waals surface area contributed by atoms with Gasteiger partial charge in [-0.15, -0.1) is 0 Å². The highest BCUT2D eigenvalue weighted by Gasteiger charge is 2.20. The van der Waals surface area contributed by atoms with E-state index in [-0.39, 0.29) is 11.4 Å². The molecule has 0 fully saturated rings. The van der Waals surface area contributed by atoms with Crippen molar-refractivity contribution in [3.63, 3.8) is 0 Å². The molecular formula is C15H13N3O4. The van der Waals surface area contributed by atoms with Crippen LogP contribution in [0.3, 0.4) is 0 Å². The molecule has 3 rings (SSSR count). The van der Waals surface area contributed by atoms with Crippen LogP contribution in [0.5, 0.6) is 5.75 Å². The van der Waals surface area contributed by atoms with Gasteiger partial charge in [-0.3, -0.25) is 15.5 Å². The first-order valence-corrected chi connectivity index (χ1v) is 6.66. The SMILES string of the molecule is O=C(NN1Cc2ccccc2C1)Oc1ccc([N+](=O)[O-])cc1. The number of fused-ring (bicyclic) bond motifs is 1. The predicted octanol–water partition coefficient (Wildman–Crippen LogP) is 2.61. The zero-order valence-electron chi connectivity index (χ0n) is 11.6. The molecule has 1 aliphatic rings. The van der Waals surface area contributed by atoms with Crippen molar-refractivity contribution in [3.8, 4) is 5.75 Å². The molecule has 0 bridgehead atoms. The van der Waals surface area contributed by atoms with Gasteiger partial charge in [-0.25, -0.2) is 9.80 Å². The van der Waals surface area contributed by atoms with E-state index >= 15 is 0 Å². The fraction of sp³-hybridized carbons (Fsp3) is 0.133. The highest BCUT2D eigenvalue weighted by Crippen LogP contribution is 2.21. The Kier molecular flexibility index (Phi) is 3.71. The van der Waals surface area contributed by atoms with Crippen LogP contribution in [0, 0.1) is 10.1 Å². The first kappa shape index (κ1) is 14.0. The Labute approximate surface area is 126 Å². The molecule has 22 heavy (non-hydrogen) atoms. The lowest BCUT2D eigenvalue weighted by atomic mass is 10.1. The number of non-ortho nitro benzene ring substituents is 1. The quantitative estimate of drug-likeness (QED) is 0.695. The van der Waals surface area contributed by atoms with Gasteiger partial charge in [0.05, 0.1) is 4.92 Å². The summed E-state index contributed by atoms with van der Waals surface area (Å²) in [6.07, 6.45) is -0.623. The summed E-state index contributed by atoms with van der Waals surface area (Å²) in [5.74, 6) is 0.250. The monoisotopic (exact) mass is 299 g/mol. The van der Waals surface area contributed by atoms with Crippen LogP contribution in [0.2, 0.25) is 0 Å². The molecule has 2 aromatic rings. The lowest BCUT2D eigenvalue weighted by Gasteiger charge is -2.15. The van der Waals surface area contributed by atoms with Crippen molar-refractivity contribution in [2.75, 3.05) is 0 Å². The van der Waals surface area contributed by atoms with Crippen molar-refractivity contribution in [1.82, 2.24) is 10.4 Å². The number of carbonyl (C=O) groups is 1. The van der Waals surface area contributed by atoms with Gasteiger partial charge in [0.2, 0.25) is 0 Å². The minimum Gasteiger partial charge on any atom is -0.409 e. The third-order valence-electron chi connectivity index (χ3n) is 3.35. The molecule has 0 spiro atoms. The van der Waals surface area contributed by atoms with E-state index in [1.807, 2.05) is 24.3 Å². The maximum absolute atomic E-state index is 11.8. The number of hydrazine groups is 1. The largest absolute Gasteiger partial charge is 0.427 e. The van der Waals surface area contributed by atoms with E-state index in [1.54, 1.807) is 5.01 Å². The first-order valence-electron chi connectivity index (χ1n) is 6.66. The highest BCUT2D eigenvalue weighted by molar-refractivity contribution is 5.70. The minimum absolute atomic E-state index is 0.0530. The van der Waals surface area contributed by atoms with Gasteiger partial charge in [0, 0.05) is 25.2 Å². The number of ether oxygens (including phenoxy) is 1. The molecule has 1 amide bonds. The lowest BCUT2D eigenvalue weighted by Crippen LogP contribution is -2.40. The van der Waals surface area contributed by atoms with E-state index in [9.17, 15) is 14.9 Å². The smallest absolute Gasteiger partial charge is 0.409 e. The second-order valence-electron chi connectivity index (χ2n) is 4.88. The van der Waals surface area contributed by atoms with Crippen molar-refractivity contribution in [3.05, 3.63) is 69.8 Å². The molecule has 0 radical (unpaired) electrons. The number of hydrogen-bond donors (Lipinski definition) is 1. The van der Waals surface area contributed by atoms with Gasteiger partial charge in [-0.2, -0.15) is 0 Å². The number of carbonyl (C=O) groups excluding carboxylic acids is 1. The van der Waals surface area contributed by atoms with Gasteiger partial charge in [0.25, 0.3) is 5.69 Å². The maximum Gasteiger partial charge on any atom is 0.427 e. The van der Waals surface area contributed by atoms with E-state index in [1.165, 1.54) is 24.3 Å². The number of amides is 1. The third kappa shape index (κ3) is 3.04. The number of nitro benzene ring substituents is 1. The zero-order chi connectivity index (χ0) is 15.5. The van der Waals surface area contributed by atoms with Crippen molar-refractivity contribution in [2.24, 2.45) is 0 Å². The van der Waals surface area contributed by atoms with Crippen LogP contribution in [0.1, 0.15) is 11.1 Å². The molecular weight excluding hydrogens is 286 g/mol. The zero-order valence-corrected chi connectivity index (χ0v) is 11.6. The molecule has 0 unspecified atom stereocenters. The summed E-state index contributed by atoms with van der Waals surface area (Å²) in [6.45, 7) is 1.23. The summed E-state index contributed by atoms with van der Waals surface area (Å²) in [7, 11) is 0. The Balaban J connectivity index is 1.56. The molecule has 0 atom stereocenters. The number of nitrogens with one attached hydrogen (secondary N) is 1. The average molecular weight is 299 g/mol. The Morgan fingerprint density at radius 2 is 1.68 bits per heavy atom. The van der Waals surface area contributed by atoms with Gasteiger partial charge < -0.3 is 4.74 Å². The number of rotatable bonds is 3. The van der Waals surface area contributed by atoms with E-state index in [0.717, 1.165) is 11.1 Å². The van der Waals surface area contributed by atoms with Crippen LogP contribution < -0.4 is 10.2 Å². The van der Waals surface area contributed by atoms with Crippen LogP contribution in [0.15, 0.2) is 48.5 Å². The fourth-order valence-corrected chi connectivity index (χ4v) is 2.31. The van der Waals surface area contributed by atoms with Crippen molar-refractivity contribution < 1.29 is 14.5 Å². The fourth-order valence-electron chi connectivity index (χ4n) is 2.31. The Morgan fingerprint density at radius 1 is 1.09 bits per heavy atom. The molecule has 0 saturated carbocycles. The predicted molar refractivity (Wildman–Crippen MR) is 77.9 cm³/mol. The third-order valence-corrected chi connectivity index (χ3v) is 3.35. The number of benzene rings is 2. The molecule has 7 heteroatoms. The van der Waals surface area contributed by atoms with Crippen LogP contribution in [0.4, 0.5) is 10.5 Å². The molecule has 7 nitrogen and oxygen atoms in total.